The number of cyclic esters (lactones) is 1. The maximum absolute atomic E-state index is 11.9. The third-order valence-electron chi connectivity index (χ3n) is 5.00. The van der Waals surface area contributed by atoms with Gasteiger partial charge in [-0.05, 0) is 11.1 Å². The van der Waals surface area contributed by atoms with Crippen molar-refractivity contribution in [1.82, 2.24) is 4.90 Å². The first-order valence-corrected chi connectivity index (χ1v) is 8.70. The van der Waals surface area contributed by atoms with Crippen molar-refractivity contribution in [2.75, 3.05) is 13.2 Å². The van der Waals surface area contributed by atoms with Crippen LogP contribution in [0, 0.1) is 0 Å². The molecule has 2 aliphatic heterocycles. The van der Waals surface area contributed by atoms with Crippen LogP contribution in [0.5, 0.6) is 0 Å². The van der Waals surface area contributed by atoms with E-state index in [0.717, 1.165) is 11.1 Å². The van der Waals surface area contributed by atoms with Crippen LogP contribution in [0.25, 0.3) is 0 Å². The molecule has 2 aliphatic rings. The van der Waals surface area contributed by atoms with E-state index in [4.69, 9.17) is 9.47 Å². The van der Waals surface area contributed by atoms with E-state index in [1.165, 1.54) is 4.90 Å². The quantitative estimate of drug-likeness (QED) is 0.873. The topological polar surface area (TPSA) is 79.2 Å². The summed E-state index contributed by atoms with van der Waals surface area (Å²) >= 11 is 0. The highest BCUT2D eigenvalue weighted by molar-refractivity contribution is 5.70. The second-order valence-electron chi connectivity index (χ2n) is 6.66. The molecule has 2 fully saturated rings. The van der Waals surface area contributed by atoms with Crippen LogP contribution in [0.2, 0.25) is 0 Å². The van der Waals surface area contributed by atoms with E-state index in [1.54, 1.807) is 0 Å². The number of nitrogens with zero attached hydrogens (tertiary/aromatic N) is 1. The van der Waals surface area contributed by atoms with Gasteiger partial charge in [0.15, 0.2) is 0 Å². The highest BCUT2D eigenvalue weighted by Gasteiger charge is 2.50. The lowest BCUT2D eigenvalue weighted by Gasteiger charge is -2.41. The lowest BCUT2D eigenvalue weighted by atomic mass is 9.93. The molecule has 1 amide bonds. The van der Waals surface area contributed by atoms with E-state index in [2.05, 4.69) is 0 Å². The van der Waals surface area contributed by atoms with Gasteiger partial charge in [-0.25, -0.2) is 4.79 Å². The molecule has 2 N–H and O–H groups in total. The van der Waals surface area contributed by atoms with Crippen molar-refractivity contribution in [2.24, 2.45) is 0 Å². The van der Waals surface area contributed by atoms with Crippen LogP contribution in [0.4, 0.5) is 4.79 Å². The van der Waals surface area contributed by atoms with Gasteiger partial charge in [-0.15, -0.1) is 0 Å². The van der Waals surface area contributed by atoms with Gasteiger partial charge in [0.05, 0.1) is 12.6 Å². The van der Waals surface area contributed by atoms with Crippen molar-refractivity contribution in [3.63, 3.8) is 0 Å². The Balaban J connectivity index is 1.67. The molecule has 26 heavy (non-hydrogen) atoms. The van der Waals surface area contributed by atoms with Crippen LogP contribution < -0.4 is 0 Å². The number of benzene rings is 2. The fourth-order valence-corrected chi connectivity index (χ4v) is 3.64. The summed E-state index contributed by atoms with van der Waals surface area (Å²) in [4.78, 5) is 13.3. The van der Waals surface area contributed by atoms with Crippen molar-refractivity contribution in [1.29, 1.82) is 0 Å². The van der Waals surface area contributed by atoms with Crippen molar-refractivity contribution in [3.8, 4) is 0 Å². The van der Waals surface area contributed by atoms with Gasteiger partial charge >= 0.3 is 6.09 Å². The molecule has 0 unspecified atom stereocenters. The predicted octanol–water partition coefficient (Wildman–Crippen LogP) is 1.72. The third kappa shape index (κ3) is 3.07. The summed E-state index contributed by atoms with van der Waals surface area (Å²) in [6.45, 7) is 0.190. The Hall–Kier alpha value is -2.41. The number of hydrogen-bond donors (Lipinski definition) is 2. The van der Waals surface area contributed by atoms with E-state index < -0.39 is 36.6 Å². The number of piperidine rings is 1. The van der Waals surface area contributed by atoms with Crippen molar-refractivity contribution < 1.29 is 24.5 Å². The second-order valence-corrected chi connectivity index (χ2v) is 6.66. The molecule has 0 aliphatic carbocycles. The van der Waals surface area contributed by atoms with E-state index in [0.29, 0.717) is 0 Å². The molecule has 0 saturated carbocycles. The molecular weight excluding hydrogens is 334 g/mol. The fraction of sp³-hybridized carbons (Fsp3) is 0.350. The first-order valence-electron chi connectivity index (χ1n) is 8.70. The van der Waals surface area contributed by atoms with Gasteiger partial charge in [-0.1, -0.05) is 60.7 Å². The molecule has 0 spiro atoms. The van der Waals surface area contributed by atoms with Gasteiger partial charge in [-0.3, -0.25) is 4.90 Å². The monoisotopic (exact) mass is 355 g/mol. The number of rotatable bonds is 4. The molecular formula is C20H21NO5. The number of ether oxygens (including phenoxy) is 2. The molecule has 2 heterocycles. The first kappa shape index (κ1) is 17.0. The van der Waals surface area contributed by atoms with E-state index in [1.807, 2.05) is 60.7 Å². The van der Waals surface area contributed by atoms with Crippen LogP contribution in [0.1, 0.15) is 17.2 Å². The summed E-state index contributed by atoms with van der Waals surface area (Å²) in [6, 6.07) is 19.0. The number of aliphatic hydroxyl groups is 2. The molecule has 2 saturated heterocycles. The van der Waals surface area contributed by atoms with Crippen LogP contribution >= 0.6 is 0 Å². The SMILES string of the molecule is O=C1OC[C@@H]2[C@@H](OC(c3ccccc3)c3ccccc3)[C@H](O)[C@H](O)CN12. The Kier molecular flexibility index (Phi) is 4.63. The molecule has 0 radical (unpaired) electrons. The molecule has 4 atom stereocenters. The standard InChI is InChI=1S/C20H21NO5/c22-16-11-21-15(12-25-20(21)24)19(17(16)23)26-18(13-7-3-1-4-8-13)14-9-5-2-6-10-14/h1-10,15-19,22-23H,11-12H2/t15-,16-,17-,19-/m1/s1. The van der Waals surface area contributed by atoms with Crippen LogP contribution in [-0.4, -0.2) is 58.7 Å². The number of amides is 1. The number of hydrogen-bond acceptors (Lipinski definition) is 5. The van der Waals surface area contributed by atoms with Gasteiger partial charge in [0.2, 0.25) is 0 Å². The molecule has 6 nitrogen and oxygen atoms in total. The Morgan fingerprint density at radius 1 is 1.00 bits per heavy atom. The van der Waals surface area contributed by atoms with Gasteiger partial charge in [0, 0.05) is 0 Å². The summed E-state index contributed by atoms with van der Waals surface area (Å²) in [5.41, 5.74) is 1.87. The summed E-state index contributed by atoms with van der Waals surface area (Å²) in [6.07, 6.45) is -3.84. The molecule has 136 valence electrons. The van der Waals surface area contributed by atoms with E-state index in [9.17, 15) is 15.0 Å². The minimum absolute atomic E-state index is 0.0475. The lowest BCUT2D eigenvalue weighted by Crippen LogP contribution is -2.61. The van der Waals surface area contributed by atoms with Crippen LogP contribution in [0.3, 0.4) is 0 Å². The maximum Gasteiger partial charge on any atom is 0.410 e. The van der Waals surface area contributed by atoms with Gasteiger partial charge in [0.1, 0.15) is 31.0 Å². The zero-order valence-electron chi connectivity index (χ0n) is 14.1. The van der Waals surface area contributed by atoms with Crippen molar-refractivity contribution in [2.45, 2.75) is 30.5 Å². The molecule has 2 aromatic rings. The number of fused-ring (bicyclic) bond motifs is 1. The minimum Gasteiger partial charge on any atom is -0.447 e. The predicted molar refractivity (Wildman–Crippen MR) is 93.5 cm³/mol. The third-order valence-corrected chi connectivity index (χ3v) is 5.00. The minimum atomic E-state index is -1.10. The average Bonchev–Trinajstić information content (AvgIpc) is 3.04. The van der Waals surface area contributed by atoms with Gasteiger partial charge in [0.25, 0.3) is 0 Å². The highest BCUT2D eigenvalue weighted by atomic mass is 16.6. The van der Waals surface area contributed by atoms with Crippen LogP contribution in [0.15, 0.2) is 60.7 Å². The Morgan fingerprint density at radius 3 is 2.15 bits per heavy atom. The van der Waals surface area contributed by atoms with Crippen molar-refractivity contribution >= 4 is 6.09 Å². The Morgan fingerprint density at radius 2 is 1.58 bits per heavy atom. The summed E-state index contributed by atoms with van der Waals surface area (Å²) in [5.74, 6) is 0. The van der Waals surface area contributed by atoms with Gasteiger partial charge < -0.3 is 19.7 Å². The zero-order valence-corrected chi connectivity index (χ0v) is 14.1. The number of carbonyl (C=O) groups is 1. The largest absolute Gasteiger partial charge is 0.447 e. The lowest BCUT2D eigenvalue weighted by molar-refractivity contribution is -0.157. The molecule has 4 rings (SSSR count). The normalized spacial score (nSPS) is 28.1. The highest BCUT2D eigenvalue weighted by Crippen LogP contribution is 2.34. The van der Waals surface area contributed by atoms with E-state index in [-0.39, 0.29) is 13.2 Å². The second kappa shape index (κ2) is 7.07. The maximum atomic E-state index is 11.9. The summed E-state index contributed by atoms with van der Waals surface area (Å²) in [5, 5.41) is 20.7. The van der Waals surface area contributed by atoms with Gasteiger partial charge in [-0.2, -0.15) is 0 Å². The Bertz CT molecular complexity index is 714. The number of carbonyl (C=O) groups excluding carboxylic acids is 1. The molecule has 2 aromatic carbocycles. The van der Waals surface area contributed by atoms with Crippen molar-refractivity contribution in [3.05, 3.63) is 71.8 Å². The first-order chi connectivity index (χ1) is 12.6. The molecule has 0 bridgehead atoms. The van der Waals surface area contributed by atoms with Crippen LogP contribution in [-0.2, 0) is 9.47 Å². The smallest absolute Gasteiger partial charge is 0.410 e. The number of aliphatic hydroxyl groups excluding tert-OH is 2. The molecule has 6 heteroatoms. The zero-order chi connectivity index (χ0) is 18.1. The summed E-state index contributed by atoms with van der Waals surface area (Å²) in [7, 11) is 0. The summed E-state index contributed by atoms with van der Waals surface area (Å²) < 4.78 is 11.4. The Labute approximate surface area is 151 Å². The fourth-order valence-electron chi connectivity index (χ4n) is 3.64. The average molecular weight is 355 g/mol. The molecule has 0 aromatic heterocycles. The van der Waals surface area contributed by atoms with E-state index >= 15 is 0 Å².